The van der Waals surface area contributed by atoms with Crippen LogP contribution in [0.4, 0.5) is 0 Å². The van der Waals surface area contributed by atoms with Crippen molar-refractivity contribution in [3.63, 3.8) is 0 Å². The maximum absolute atomic E-state index is 12.8. The van der Waals surface area contributed by atoms with Crippen LogP contribution in [0.15, 0.2) is 60.8 Å². The molecule has 0 aromatic rings. The number of phosphoric acid groups is 1. The highest BCUT2D eigenvalue weighted by Crippen LogP contribution is 2.38. The lowest BCUT2D eigenvalue weighted by Gasteiger charge is -2.29. The number of aliphatic hydroxyl groups is 1. The van der Waals surface area contributed by atoms with Crippen molar-refractivity contribution in [2.75, 3.05) is 40.9 Å². The average molecular weight is 779 g/mol. The molecule has 1 amide bonds. The van der Waals surface area contributed by atoms with Gasteiger partial charge in [-0.15, -0.1) is 0 Å². The van der Waals surface area contributed by atoms with E-state index in [2.05, 4.69) is 67.8 Å². The Balaban J connectivity index is 4.47. The van der Waals surface area contributed by atoms with Crippen LogP contribution in [-0.4, -0.2) is 68.5 Å². The Morgan fingerprint density at radius 2 is 1.09 bits per heavy atom. The Hall–Kier alpha value is -1.80. The molecule has 0 saturated heterocycles. The van der Waals surface area contributed by atoms with Crippen LogP contribution in [-0.2, 0) is 18.4 Å². The Morgan fingerprint density at radius 1 is 0.648 bits per heavy atom. The summed E-state index contributed by atoms with van der Waals surface area (Å²) in [4.78, 5) is 25.3. The lowest BCUT2D eigenvalue weighted by molar-refractivity contribution is -0.870. The molecule has 0 aromatic heterocycles. The molecule has 314 valence electrons. The minimum Gasteiger partial charge on any atom is -0.756 e. The number of aliphatic hydroxyl groups excluding tert-OH is 1. The van der Waals surface area contributed by atoms with Gasteiger partial charge in [-0.05, 0) is 70.6 Å². The number of likely N-dealkylation sites (N-methyl/N-ethyl adjacent to an activating group) is 1. The summed E-state index contributed by atoms with van der Waals surface area (Å²) in [5.74, 6) is -0.220. The number of nitrogens with zero attached hydrogens (tertiary/aromatic N) is 1. The highest BCUT2D eigenvalue weighted by Gasteiger charge is 2.23. The first-order valence-corrected chi connectivity index (χ1v) is 23.1. The second kappa shape index (κ2) is 36.8. The number of rotatable bonds is 38. The quantitative estimate of drug-likeness (QED) is 0.0212. The molecular formula is C45H83N2O6P. The summed E-state index contributed by atoms with van der Waals surface area (Å²) in [5.41, 5.74) is 0. The number of hydrogen-bond acceptors (Lipinski definition) is 6. The van der Waals surface area contributed by atoms with E-state index in [0.717, 1.165) is 57.8 Å². The molecule has 8 nitrogen and oxygen atoms in total. The lowest BCUT2D eigenvalue weighted by Crippen LogP contribution is -2.45. The first-order chi connectivity index (χ1) is 26.0. The van der Waals surface area contributed by atoms with Gasteiger partial charge in [-0.3, -0.25) is 9.36 Å². The smallest absolute Gasteiger partial charge is 0.268 e. The Labute approximate surface area is 332 Å². The summed E-state index contributed by atoms with van der Waals surface area (Å²) >= 11 is 0. The number of phosphoric ester groups is 1. The predicted molar refractivity (Wildman–Crippen MR) is 228 cm³/mol. The number of carbonyl (C=O) groups is 1. The maximum Gasteiger partial charge on any atom is 0.268 e. The number of carbonyl (C=O) groups excluding carboxylic acids is 1. The van der Waals surface area contributed by atoms with Gasteiger partial charge in [0.2, 0.25) is 5.91 Å². The highest BCUT2D eigenvalue weighted by atomic mass is 31.2. The minimum absolute atomic E-state index is 0.0120. The van der Waals surface area contributed by atoms with Crippen molar-refractivity contribution >= 4 is 13.7 Å². The molecular weight excluding hydrogens is 695 g/mol. The Morgan fingerprint density at radius 3 is 1.61 bits per heavy atom. The SMILES string of the molecule is CCCCC/C=C\C=C/CCCCCCCCCCCCC(=O)NC(COP(=O)([O-])OCC[N+](C)(C)C)C(O)/C=C/CC/C=C/CC/C=C/CCCCC. The molecule has 0 aliphatic rings. The largest absolute Gasteiger partial charge is 0.756 e. The predicted octanol–water partition coefficient (Wildman–Crippen LogP) is 11.2. The first-order valence-electron chi connectivity index (χ1n) is 21.7. The lowest BCUT2D eigenvalue weighted by atomic mass is 10.0. The number of quaternary nitrogens is 1. The molecule has 0 fully saturated rings. The van der Waals surface area contributed by atoms with Gasteiger partial charge in [0.05, 0.1) is 39.9 Å². The van der Waals surface area contributed by atoms with E-state index in [0.29, 0.717) is 17.4 Å². The minimum atomic E-state index is -4.60. The van der Waals surface area contributed by atoms with Crippen molar-refractivity contribution in [2.45, 2.75) is 180 Å². The van der Waals surface area contributed by atoms with Gasteiger partial charge in [0.25, 0.3) is 7.82 Å². The van der Waals surface area contributed by atoms with Crippen LogP contribution in [0.5, 0.6) is 0 Å². The molecule has 3 atom stereocenters. The zero-order valence-electron chi connectivity index (χ0n) is 35.4. The summed E-state index contributed by atoms with van der Waals surface area (Å²) in [5, 5.41) is 13.7. The maximum atomic E-state index is 12.8. The first kappa shape index (κ1) is 52.2. The molecule has 0 bridgehead atoms. The Kier molecular flexibility index (Phi) is 35.6. The van der Waals surface area contributed by atoms with Gasteiger partial charge in [-0.1, -0.05) is 152 Å². The zero-order chi connectivity index (χ0) is 40.0. The van der Waals surface area contributed by atoms with Gasteiger partial charge in [0.15, 0.2) is 0 Å². The highest BCUT2D eigenvalue weighted by molar-refractivity contribution is 7.45. The second-order valence-electron chi connectivity index (χ2n) is 15.7. The fourth-order valence-corrected chi connectivity index (χ4v) is 6.42. The number of nitrogens with one attached hydrogen (secondary N) is 1. The third-order valence-corrected chi connectivity index (χ3v) is 10.2. The van der Waals surface area contributed by atoms with Crippen molar-refractivity contribution < 1.29 is 32.9 Å². The van der Waals surface area contributed by atoms with E-state index in [1.807, 2.05) is 27.2 Å². The van der Waals surface area contributed by atoms with Crippen LogP contribution < -0.4 is 10.2 Å². The standard InChI is InChI=1S/C45H83N2O6P/c1-6-8-10-12-14-16-18-20-21-22-23-24-25-27-29-31-33-35-37-39-45(49)46-43(42-53-54(50,51)52-41-40-47(3,4)5)44(48)38-36-34-32-30-28-26-19-17-15-13-11-9-7-2/h14-18,20,28,30,36,38,43-44,48H,6-13,19,21-27,29,31-35,37,39-42H2,1-5H3,(H-,46,49,50,51)/b16-14-,17-15+,20-18-,30-28+,38-36+. The van der Waals surface area contributed by atoms with Gasteiger partial charge < -0.3 is 28.8 Å². The van der Waals surface area contributed by atoms with Crippen LogP contribution in [0.25, 0.3) is 0 Å². The van der Waals surface area contributed by atoms with Crippen LogP contribution >= 0.6 is 7.82 Å². The van der Waals surface area contributed by atoms with E-state index in [9.17, 15) is 19.4 Å². The second-order valence-corrected chi connectivity index (χ2v) is 17.1. The molecule has 0 rings (SSSR count). The normalized spacial score (nSPS) is 15.0. The molecule has 0 saturated carbocycles. The van der Waals surface area contributed by atoms with Gasteiger partial charge in [-0.2, -0.15) is 0 Å². The number of unbranched alkanes of at least 4 members (excludes halogenated alkanes) is 18. The van der Waals surface area contributed by atoms with Gasteiger partial charge >= 0.3 is 0 Å². The monoisotopic (exact) mass is 779 g/mol. The van der Waals surface area contributed by atoms with Crippen LogP contribution in [0.2, 0.25) is 0 Å². The Bertz CT molecular complexity index is 1060. The average Bonchev–Trinajstić information content (AvgIpc) is 3.12. The summed E-state index contributed by atoms with van der Waals surface area (Å²) in [6, 6.07) is -0.911. The molecule has 0 radical (unpaired) electrons. The fourth-order valence-electron chi connectivity index (χ4n) is 5.70. The molecule has 3 unspecified atom stereocenters. The molecule has 9 heteroatoms. The van der Waals surface area contributed by atoms with Gasteiger partial charge in [0, 0.05) is 6.42 Å². The van der Waals surface area contributed by atoms with E-state index in [1.54, 1.807) is 6.08 Å². The molecule has 0 spiro atoms. The molecule has 0 aliphatic carbocycles. The number of amides is 1. The zero-order valence-corrected chi connectivity index (χ0v) is 36.3. The van der Waals surface area contributed by atoms with E-state index in [4.69, 9.17) is 9.05 Å². The molecule has 0 aromatic carbocycles. The van der Waals surface area contributed by atoms with Crippen molar-refractivity contribution in [2.24, 2.45) is 0 Å². The van der Waals surface area contributed by atoms with Crippen molar-refractivity contribution in [1.29, 1.82) is 0 Å². The van der Waals surface area contributed by atoms with Crippen molar-refractivity contribution in [1.82, 2.24) is 5.32 Å². The van der Waals surface area contributed by atoms with Gasteiger partial charge in [0.1, 0.15) is 13.2 Å². The summed E-state index contributed by atoms with van der Waals surface area (Å²) in [7, 11) is 1.22. The summed E-state index contributed by atoms with van der Waals surface area (Å²) in [6.45, 7) is 4.53. The number of hydrogen-bond donors (Lipinski definition) is 2. The van der Waals surface area contributed by atoms with Crippen LogP contribution in [0.3, 0.4) is 0 Å². The molecule has 0 aliphatic heterocycles. The third-order valence-electron chi connectivity index (χ3n) is 9.21. The van der Waals surface area contributed by atoms with Crippen molar-refractivity contribution in [3.8, 4) is 0 Å². The summed E-state index contributed by atoms with van der Waals surface area (Å²) < 4.78 is 23.1. The van der Waals surface area contributed by atoms with E-state index in [1.165, 1.54) is 89.9 Å². The van der Waals surface area contributed by atoms with Crippen LogP contribution in [0.1, 0.15) is 168 Å². The number of allylic oxidation sites excluding steroid dienone is 9. The van der Waals surface area contributed by atoms with Crippen molar-refractivity contribution in [3.05, 3.63) is 60.8 Å². The molecule has 2 N–H and O–H groups in total. The van der Waals surface area contributed by atoms with E-state index < -0.39 is 26.6 Å². The third kappa shape index (κ3) is 38.5. The molecule has 54 heavy (non-hydrogen) atoms. The summed E-state index contributed by atoms with van der Waals surface area (Å²) in [6.07, 6.45) is 46.9. The fraction of sp³-hybridized carbons (Fsp3) is 0.756. The molecule has 0 heterocycles. The van der Waals surface area contributed by atoms with E-state index >= 15 is 0 Å². The van der Waals surface area contributed by atoms with Crippen LogP contribution in [0, 0.1) is 0 Å². The topological polar surface area (TPSA) is 108 Å². The van der Waals surface area contributed by atoms with E-state index in [-0.39, 0.29) is 12.5 Å². The van der Waals surface area contributed by atoms with Gasteiger partial charge in [-0.25, -0.2) is 0 Å².